The fraction of sp³-hybridized carbons (Fsp3) is 0.231. The van der Waals surface area contributed by atoms with Gasteiger partial charge in [0.05, 0.1) is 0 Å². The molecule has 92 valence electrons. The Morgan fingerprint density at radius 2 is 2.28 bits per heavy atom. The molecule has 0 saturated heterocycles. The van der Waals surface area contributed by atoms with Gasteiger partial charge >= 0.3 is 0 Å². The molecule has 0 aliphatic rings. The maximum absolute atomic E-state index is 5.93. The van der Waals surface area contributed by atoms with E-state index in [0.29, 0.717) is 0 Å². The van der Waals surface area contributed by atoms with Gasteiger partial charge < -0.3 is 9.73 Å². The van der Waals surface area contributed by atoms with Crippen molar-refractivity contribution in [3.05, 3.63) is 47.7 Å². The Bertz CT molecular complexity index is 657. The molecule has 2 N–H and O–H groups in total. The van der Waals surface area contributed by atoms with E-state index in [1.54, 1.807) is 0 Å². The number of nitrogens with zero attached hydrogens (tertiary/aromatic N) is 2. The fourth-order valence-electron chi connectivity index (χ4n) is 2.14. The molecule has 2 heterocycles. The van der Waals surface area contributed by atoms with Gasteiger partial charge in [-0.3, -0.25) is 5.10 Å². The van der Waals surface area contributed by atoms with Crippen molar-refractivity contribution in [2.75, 3.05) is 7.05 Å². The predicted octanol–water partition coefficient (Wildman–Crippen LogP) is 2.17. The minimum absolute atomic E-state index is 0.112. The average molecular weight is 242 g/mol. The van der Waals surface area contributed by atoms with Crippen LogP contribution in [0.5, 0.6) is 0 Å². The molecule has 0 aliphatic heterocycles. The zero-order chi connectivity index (χ0) is 12.5. The van der Waals surface area contributed by atoms with Gasteiger partial charge in [0, 0.05) is 5.39 Å². The van der Waals surface area contributed by atoms with E-state index in [2.05, 4.69) is 20.5 Å². The van der Waals surface area contributed by atoms with E-state index in [1.165, 1.54) is 6.33 Å². The number of aryl methyl sites for hydroxylation is 1. The van der Waals surface area contributed by atoms with Crippen molar-refractivity contribution >= 4 is 11.0 Å². The van der Waals surface area contributed by atoms with Gasteiger partial charge in [-0.25, -0.2) is 4.98 Å². The highest BCUT2D eigenvalue weighted by Gasteiger charge is 2.19. The molecular weight excluding hydrogens is 228 g/mol. The van der Waals surface area contributed by atoms with E-state index in [4.69, 9.17) is 4.42 Å². The Morgan fingerprint density at radius 3 is 2.94 bits per heavy atom. The monoisotopic (exact) mass is 242 g/mol. The quantitative estimate of drug-likeness (QED) is 0.738. The van der Waals surface area contributed by atoms with Crippen molar-refractivity contribution in [1.82, 2.24) is 20.5 Å². The number of hydrogen-bond donors (Lipinski definition) is 2. The third kappa shape index (κ3) is 1.69. The van der Waals surface area contributed by atoms with Gasteiger partial charge in [-0.15, -0.1) is 0 Å². The van der Waals surface area contributed by atoms with Crippen LogP contribution in [0.1, 0.15) is 23.2 Å². The molecule has 2 aromatic heterocycles. The smallest absolute Gasteiger partial charge is 0.149 e. The first kappa shape index (κ1) is 11.0. The van der Waals surface area contributed by atoms with Crippen LogP contribution in [0, 0.1) is 6.92 Å². The molecule has 1 unspecified atom stereocenters. The zero-order valence-electron chi connectivity index (χ0n) is 10.3. The van der Waals surface area contributed by atoms with Crippen LogP contribution in [0.4, 0.5) is 0 Å². The van der Waals surface area contributed by atoms with E-state index in [0.717, 1.165) is 28.1 Å². The lowest BCUT2D eigenvalue weighted by Gasteiger charge is -2.09. The lowest BCUT2D eigenvalue weighted by Crippen LogP contribution is -2.18. The normalized spacial score (nSPS) is 13.0. The molecule has 1 aromatic carbocycles. The summed E-state index contributed by atoms with van der Waals surface area (Å²) in [5.41, 5.74) is 2.05. The molecule has 0 bridgehead atoms. The Morgan fingerprint density at radius 1 is 1.39 bits per heavy atom. The van der Waals surface area contributed by atoms with Crippen LogP contribution in [0.2, 0.25) is 0 Å². The Kier molecular flexibility index (Phi) is 2.60. The molecular formula is C13H14N4O. The summed E-state index contributed by atoms with van der Waals surface area (Å²) < 4.78 is 5.93. The summed E-state index contributed by atoms with van der Waals surface area (Å²) >= 11 is 0. The summed E-state index contributed by atoms with van der Waals surface area (Å²) in [6, 6.07) is 8.03. The number of furan rings is 1. The van der Waals surface area contributed by atoms with E-state index in [1.807, 2.05) is 38.2 Å². The Labute approximate surface area is 104 Å². The van der Waals surface area contributed by atoms with Crippen molar-refractivity contribution in [3.8, 4) is 0 Å². The van der Waals surface area contributed by atoms with Gasteiger partial charge in [0.15, 0.2) is 0 Å². The number of rotatable bonds is 3. The molecule has 1 atom stereocenters. The molecule has 0 saturated carbocycles. The molecule has 5 nitrogen and oxygen atoms in total. The summed E-state index contributed by atoms with van der Waals surface area (Å²) in [6.45, 7) is 2.04. The first-order chi connectivity index (χ1) is 8.79. The number of fused-ring (bicyclic) bond motifs is 1. The number of benzene rings is 1. The van der Waals surface area contributed by atoms with Crippen molar-refractivity contribution in [2.45, 2.75) is 13.0 Å². The van der Waals surface area contributed by atoms with E-state index in [9.17, 15) is 0 Å². The molecule has 5 heteroatoms. The molecule has 0 amide bonds. The summed E-state index contributed by atoms with van der Waals surface area (Å²) in [5.74, 6) is 1.58. The van der Waals surface area contributed by atoms with Gasteiger partial charge in [-0.1, -0.05) is 18.2 Å². The van der Waals surface area contributed by atoms with Crippen LogP contribution in [0.3, 0.4) is 0 Å². The second-order valence-electron chi connectivity index (χ2n) is 4.23. The van der Waals surface area contributed by atoms with Gasteiger partial charge in [0.25, 0.3) is 0 Å². The van der Waals surface area contributed by atoms with Gasteiger partial charge in [-0.2, -0.15) is 5.10 Å². The molecule has 3 rings (SSSR count). The summed E-state index contributed by atoms with van der Waals surface area (Å²) in [6.07, 6.45) is 1.49. The van der Waals surface area contributed by atoms with Gasteiger partial charge in [-0.05, 0) is 25.6 Å². The number of nitrogens with one attached hydrogen (secondary N) is 2. The Hall–Kier alpha value is -2.14. The first-order valence-corrected chi connectivity index (χ1v) is 5.81. The van der Waals surface area contributed by atoms with Gasteiger partial charge in [0.1, 0.15) is 29.5 Å². The van der Waals surface area contributed by atoms with E-state index in [-0.39, 0.29) is 6.04 Å². The number of hydrogen-bond acceptors (Lipinski definition) is 4. The molecule has 0 spiro atoms. The minimum atomic E-state index is -0.112. The van der Waals surface area contributed by atoms with Crippen LogP contribution in [-0.2, 0) is 0 Å². The SMILES string of the molecule is CNC(c1ncn[nH]1)c1cc2cccc(C)c2o1. The number of aromatic amines is 1. The second-order valence-corrected chi connectivity index (χ2v) is 4.23. The van der Waals surface area contributed by atoms with Crippen molar-refractivity contribution in [2.24, 2.45) is 0 Å². The summed E-state index contributed by atoms with van der Waals surface area (Å²) in [5, 5.41) is 11.0. The fourth-order valence-corrected chi connectivity index (χ4v) is 2.14. The van der Waals surface area contributed by atoms with Gasteiger partial charge in [0.2, 0.25) is 0 Å². The molecule has 0 aliphatic carbocycles. The lowest BCUT2D eigenvalue weighted by molar-refractivity contribution is 0.478. The maximum Gasteiger partial charge on any atom is 0.149 e. The topological polar surface area (TPSA) is 66.7 Å². The maximum atomic E-state index is 5.93. The highest BCUT2D eigenvalue weighted by Crippen LogP contribution is 2.28. The van der Waals surface area contributed by atoms with Crippen LogP contribution in [0.15, 0.2) is 35.0 Å². The predicted molar refractivity (Wildman–Crippen MR) is 68.2 cm³/mol. The van der Waals surface area contributed by atoms with Crippen LogP contribution in [0.25, 0.3) is 11.0 Å². The number of para-hydroxylation sites is 1. The molecule has 18 heavy (non-hydrogen) atoms. The highest BCUT2D eigenvalue weighted by molar-refractivity contribution is 5.81. The first-order valence-electron chi connectivity index (χ1n) is 5.81. The van der Waals surface area contributed by atoms with Crippen molar-refractivity contribution < 1.29 is 4.42 Å². The molecule has 0 radical (unpaired) electrons. The van der Waals surface area contributed by atoms with Crippen molar-refractivity contribution in [1.29, 1.82) is 0 Å². The molecule has 0 fully saturated rings. The zero-order valence-corrected chi connectivity index (χ0v) is 10.3. The Balaban J connectivity index is 2.11. The lowest BCUT2D eigenvalue weighted by atomic mass is 10.1. The average Bonchev–Trinajstić information content (AvgIpc) is 3.00. The third-order valence-corrected chi connectivity index (χ3v) is 3.04. The van der Waals surface area contributed by atoms with Crippen LogP contribution >= 0.6 is 0 Å². The largest absolute Gasteiger partial charge is 0.459 e. The highest BCUT2D eigenvalue weighted by atomic mass is 16.3. The summed E-state index contributed by atoms with van der Waals surface area (Å²) in [4.78, 5) is 4.17. The second kappa shape index (κ2) is 4.27. The number of H-pyrrole nitrogens is 1. The van der Waals surface area contributed by atoms with Crippen molar-refractivity contribution in [3.63, 3.8) is 0 Å². The summed E-state index contributed by atoms with van der Waals surface area (Å²) in [7, 11) is 1.87. The molecule has 3 aromatic rings. The number of aromatic nitrogens is 3. The third-order valence-electron chi connectivity index (χ3n) is 3.04. The van der Waals surface area contributed by atoms with Crippen LogP contribution < -0.4 is 5.32 Å². The standard InChI is InChI=1S/C13H14N4O/c1-8-4-3-5-9-6-10(18-12(8)9)11(14-2)13-15-7-16-17-13/h3-7,11,14H,1-2H3,(H,15,16,17). The minimum Gasteiger partial charge on any atom is -0.459 e. The van der Waals surface area contributed by atoms with E-state index >= 15 is 0 Å². The van der Waals surface area contributed by atoms with E-state index < -0.39 is 0 Å². The van der Waals surface area contributed by atoms with Crippen LogP contribution in [-0.4, -0.2) is 22.2 Å².